The van der Waals surface area contributed by atoms with Crippen LogP contribution in [0, 0.1) is 11.8 Å². The minimum atomic E-state index is -0.614. The van der Waals surface area contributed by atoms with E-state index < -0.39 is 11.9 Å². The number of nitrogens with one attached hydrogen (secondary N) is 2. The number of hydrogen-bond donors (Lipinski definition) is 3. The third-order valence-electron chi connectivity index (χ3n) is 9.14. The lowest BCUT2D eigenvalue weighted by Crippen LogP contribution is -2.52. The summed E-state index contributed by atoms with van der Waals surface area (Å²) in [5.41, 5.74) is 10.6. The highest BCUT2D eigenvalue weighted by Gasteiger charge is 2.39. The molecule has 2 aliphatic heterocycles. The molecule has 2 aromatic carbocycles. The number of methoxy groups -OCH3 is 1. The molecule has 3 heterocycles. The van der Waals surface area contributed by atoms with Crippen molar-refractivity contribution in [2.24, 2.45) is 0 Å². The van der Waals surface area contributed by atoms with Gasteiger partial charge in [-0.15, -0.1) is 5.10 Å². The molecule has 2 fully saturated rings. The molecule has 0 radical (unpaired) electrons. The van der Waals surface area contributed by atoms with Gasteiger partial charge in [0.2, 0.25) is 11.8 Å². The first-order chi connectivity index (χ1) is 22.9. The second-order valence-electron chi connectivity index (χ2n) is 12.3. The number of nitrogens with zero attached hydrogens (tertiary/aromatic N) is 4. The number of piperidine rings is 1. The lowest BCUT2D eigenvalue weighted by atomic mass is 9.91. The summed E-state index contributed by atoms with van der Waals surface area (Å²) in [5.74, 6) is 6.08. The van der Waals surface area contributed by atoms with Gasteiger partial charge in [0.05, 0.1) is 31.6 Å². The highest BCUT2D eigenvalue weighted by molar-refractivity contribution is 6.05. The highest BCUT2D eigenvalue weighted by atomic mass is 16.5. The van der Waals surface area contributed by atoms with Crippen molar-refractivity contribution in [3.05, 3.63) is 59.3 Å². The molecule has 3 aliphatic rings. The van der Waals surface area contributed by atoms with E-state index in [-0.39, 0.29) is 18.2 Å². The SMILES string of the molecule is COc1cc(-c2cn(C3CCC(NCCCOCCC#Cc4ccc5c(c4)CN(C4CCC(=O)NC4=O)C5=O)CC3)nn2)ccc1N. The summed E-state index contributed by atoms with van der Waals surface area (Å²) in [4.78, 5) is 38.1. The number of ether oxygens (including phenoxy) is 2. The number of nitrogens with two attached hydrogens (primary N) is 1. The molecule has 1 saturated heterocycles. The molecule has 3 aromatic rings. The van der Waals surface area contributed by atoms with Crippen LogP contribution in [0.4, 0.5) is 5.69 Å². The Labute approximate surface area is 274 Å². The van der Waals surface area contributed by atoms with Crippen molar-refractivity contribution in [2.75, 3.05) is 32.6 Å². The van der Waals surface area contributed by atoms with E-state index in [4.69, 9.17) is 15.2 Å². The van der Waals surface area contributed by atoms with Gasteiger partial charge < -0.3 is 25.4 Å². The number of imide groups is 1. The van der Waals surface area contributed by atoms with Crippen LogP contribution in [0.2, 0.25) is 0 Å². The monoisotopic (exact) mass is 639 g/mol. The number of aromatic nitrogens is 3. The van der Waals surface area contributed by atoms with Crippen LogP contribution in [0.3, 0.4) is 0 Å². The fraction of sp³-hybridized carbons (Fsp3) is 0.457. The molecule has 12 nitrogen and oxygen atoms in total. The van der Waals surface area contributed by atoms with Gasteiger partial charge in [-0.1, -0.05) is 23.1 Å². The lowest BCUT2D eigenvalue weighted by Gasteiger charge is -2.29. The lowest BCUT2D eigenvalue weighted by molar-refractivity contribution is -0.136. The van der Waals surface area contributed by atoms with E-state index >= 15 is 0 Å². The summed E-state index contributed by atoms with van der Waals surface area (Å²) in [6.07, 6.45) is 8.46. The van der Waals surface area contributed by atoms with Crippen LogP contribution in [0.15, 0.2) is 42.6 Å². The molecule has 1 saturated carbocycles. The Morgan fingerprint density at radius 2 is 1.91 bits per heavy atom. The number of carbonyl (C=O) groups is 3. The van der Waals surface area contributed by atoms with E-state index in [0.29, 0.717) is 61.7 Å². The van der Waals surface area contributed by atoms with Gasteiger partial charge in [-0.2, -0.15) is 0 Å². The van der Waals surface area contributed by atoms with Crippen LogP contribution in [-0.2, 0) is 20.9 Å². The van der Waals surface area contributed by atoms with Crippen LogP contribution in [0.25, 0.3) is 11.3 Å². The van der Waals surface area contributed by atoms with E-state index in [1.54, 1.807) is 18.1 Å². The summed E-state index contributed by atoms with van der Waals surface area (Å²) in [6.45, 7) is 2.50. The number of amides is 3. The zero-order valence-corrected chi connectivity index (χ0v) is 26.7. The molecule has 47 heavy (non-hydrogen) atoms. The van der Waals surface area contributed by atoms with Crippen molar-refractivity contribution >= 4 is 23.4 Å². The molecule has 12 heteroatoms. The van der Waals surface area contributed by atoms with Gasteiger partial charge in [-0.05, 0) is 81.0 Å². The maximum atomic E-state index is 12.9. The van der Waals surface area contributed by atoms with Gasteiger partial charge in [0.15, 0.2) is 0 Å². The molecule has 0 bridgehead atoms. The first-order valence-corrected chi connectivity index (χ1v) is 16.3. The molecule has 1 atom stereocenters. The van der Waals surface area contributed by atoms with Crippen molar-refractivity contribution in [3.8, 4) is 28.8 Å². The average molecular weight is 640 g/mol. The smallest absolute Gasteiger partial charge is 0.255 e. The summed E-state index contributed by atoms with van der Waals surface area (Å²) >= 11 is 0. The zero-order valence-electron chi connectivity index (χ0n) is 26.7. The Morgan fingerprint density at radius 1 is 1.06 bits per heavy atom. The molecule has 6 rings (SSSR count). The molecule has 1 unspecified atom stereocenters. The van der Waals surface area contributed by atoms with E-state index in [9.17, 15) is 14.4 Å². The first kappa shape index (κ1) is 32.2. The van der Waals surface area contributed by atoms with Crippen molar-refractivity contribution in [2.45, 2.75) is 76.0 Å². The Bertz CT molecular complexity index is 1680. The molecule has 0 spiro atoms. The Morgan fingerprint density at radius 3 is 2.72 bits per heavy atom. The van der Waals surface area contributed by atoms with Crippen molar-refractivity contribution in [1.29, 1.82) is 0 Å². The van der Waals surface area contributed by atoms with E-state index in [2.05, 4.69) is 32.8 Å². The Kier molecular flexibility index (Phi) is 10.1. The maximum Gasteiger partial charge on any atom is 0.255 e. The summed E-state index contributed by atoms with van der Waals surface area (Å²) in [5, 5.41) is 14.8. The second-order valence-corrected chi connectivity index (χ2v) is 12.3. The maximum absolute atomic E-state index is 12.9. The van der Waals surface area contributed by atoms with E-state index in [0.717, 1.165) is 61.0 Å². The Hall–Kier alpha value is -4.73. The molecule has 1 aliphatic carbocycles. The number of rotatable bonds is 11. The molecule has 246 valence electrons. The number of anilines is 1. The van der Waals surface area contributed by atoms with Gasteiger partial charge in [0.1, 0.15) is 17.5 Å². The summed E-state index contributed by atoms with van der Waals surface area (Å²) < 4.78 is 13.1. The summed E-state index contributed by atoms with van der Waals surface area (Å²) in [6, 6.07) is 11.4. The van der Waals surface area contributed by atoms with Crippen LogP contribution in [0.5, 0.6) is 5.75 Å². The largest absolute Gasteiger partial charge is 0.495 e. The van der Waals surface area contributed by atoms with Gasteiger partial charge in [0.25, 0.3) is 5.91 Å². The molecular formula is C35H41N7O5. The fourth-order valence-corrected chi connectivity index (χ4v) is 6.52. The standard InChI is InChI=1S/C35H41N7O5/c1-46-32-20-24(7-13-29(32)36)30-22-42(40-39-30)27-10-8-26(9-11-27)37-16-4-18-47-17-3-2-5-23-6-12-28-25(19-23)21-41(35(28)45)31-14-15-33(43)38-34(31)44/h6-7,12-13,19-20,22,26-27,31,37H,3-4,8-11,14-18,21,36H2,1H3,(H,38,43,44). The van der Waals surface area contributed by atoms with Gasteiger partial charge in [-0.25, -0.2) is 4.68 Å². The van der Waals surface area contributed by atoms with E-state index in [1.807, 2.05) is 41.2 Å². The number of carbonyl (C=O) groups excluding carboxylic acids is 3. The van der Waals surface area contributed by atoms with Gasteiger partial charge >= 0.3 is 0 Å². The van der Waals surface area contributed by atoms with Gasteiger partial charge in [-0.3, -0.25) is 19.7 Å². The molecule has 4 N–H and O–H groups in total. The van der Waals surface area contributed by atoms with Crippen molar-refractivity contribution in [1.82, 2.24) is 30.5 Å². The predicted octanol–water partition coefficient (Wildman–Crippen LogP) is 3.22. The highest BCUT2D eigenvalue weighted by Crippen LogP contribution is 2.31. The fourth-order valence-electron chi connectivity index (χ4n) is 6.52. The third-order valence-corrected chi connectivity index (χ3v) is 9.14. The third kappa shape index (κ3) is 7.64. The first-order valence-electron chi connectivity index (χ1n) is 16.3. The minimum Gasteiger partial charge on any atom is -0.495 e. The topological polar surface area (TPSA) is 154 Å². The molecule has 1 aromatic heterocycles. The second kappa shape index (κ2) is 14.8. The van der Waals surface area contributed by atoms with Crippen LogP contribution >= 0.6 is 0 Å². The van der Waals surface area contributed by atoms with E-state index in [1.165, 1.54) is 0 Å². The number of benzene rings is 2. The normalized spacial score (nSPS) is 20.8. The van der Waals surface area contributed by atoms with Crippen LogP contribution in [0.1, 0.15) is 78.9 Å². The number of hydrogen-bond acceptors (Lipinski definition) is 9. The van der Waals surface area contributed by atoms with Crippen molar-refractivity contribution in [3.63, 3.8) is 0 Å². The van der Waals surface area contributed by atoms with Crippen molar-refractivity contribution < 1.29 is 23.9 Å². The average Bonchev–Trinajstić information content (AvgIpc) is 3.69. The molecule has 3 amide bonds. The number of fused-ring (bicyclic) bond motifs is 1. The summed E-state index contributed by atoms with van der Waals surface area (Å²) in [7, 11) is 1.61. The minimum absolute atomic E-state index is 0.178. The van der Waals surface area contributed by atoms with Gasteiger partial charge in [0, 0.05) is 48.7 Å². The number of nitrogen functional groups attached to an aromatic ring is 1. The van der Waals surface area contributed by atoms with Crippen LogP contribution in [-0.4, -0.2) is 76.6 Å². The molecular weight excluding hydrogens is 598 g/mol. The van der Waals surface area contributed by atoms with Crippen LogP contribution < -0.4 is 21.1 Å². The predicted molar refractivity (Wildman–Crippen MR) is 175 cm³/mol. The zero-order chi connectivity index (χ0) is 32.8. The quantitative estimate of drug-likeness (QED) is 0.124. The Balaban J connectivity index is 0.850.